The monoisotopic (exact) mass is 888 g/mol. The molecule has 1 aliphatic heterocycles. The van der Waals surface area contributed by atoms with Crippen LogP contribution in [0.2, 0.25) is 0 Å². The van der Waals surface area contributed by atoms with Gasteiger partial charge in [0.1, 0.15) is 35.6 Å². The first-order chi connectivity index (χ1) is 31.1. The Morgan fingerprint density at radius 2 is 1.64 bits per heavy atom. The topological polar surface area (TPSA) is 235 Å². The van der Waals surface area contributed by atoms with E-state index >= 15 is 0 Å². The minimum Gasteiger partial charge on any atom is -0.459 e. The van der Waals surface area contributed by atoms with Crippen LogP contribution in [0.3, 0.4) is 0 Å². The number of amides is 1. The lowest BCUT2D eigenvalue weighted by Crippen LogP contribution is -2.70. The maximum absolute atomic E-state index is 14.7. The number of aliphatic hydroxyl groups is 3. The number of rotatable bonds is 24. The molecule has 2 aliphatic carbocycles. The van der Waals surface area contributed by atoms with Crippen LogP contribution in [-0.4, -0.2) is 106 Å². The van der Waals surface area contributed by atoms with Crippen molar-refractivity contribution >= 4 is 23.2 Å². The molecule has 344 valence electrons. The molecule has 3 N–H and O–H groups in total. The summed E-state index contributed by atoms with van der Waals surface area (Å²) in [6.45, 7) is 5.69. The van der Waals surface area contributed by atoms with Gasteiger partial charge in [-0.05, 0) is 86.4 Å². The van der Waals surface area contributed by atoms with Crippen molar-refractivity contribution in [2.24, 2.45) is 22.9 Å². The van der Waals surface area contributed by atoms with Gasteiger partial charge in [0.05, 0.1) is 54.0 Å². The number of unbranched alkanes of at least 4 members (excludes halogenated alkanes) is 2. The third-order valence-electron chi connectivity index (χ3n) is 11.8. The number of fused-ring (bicyclic) bond motifs is 2. The molecule has 18 heteroatoms. The van der Waals surface area contributed by atoms with Gasteiger partial charge in [-0.1, -0.05) is 36.2 Å². The summed E-state index contributed by atoms with van der Waals surface area (Å²) in [6, 6.07) is 15.4. The molecule has 0 radical (unpaired) electrons. The Morgan fingerprint density at radius 1 is 0.922 bits per heavy atom. The molecule has 3 aliphatic rings. The predicted molar refractivity (Wildman–Crippen MR) is 233 cm³/mol. The van der Waals surface area contributed by atoms with E-state index in [1.807, 2.05) is 13.0 Å². The summed E-state index contributed by atoms with van der Waals surface area (Å²) in [5.74, 6) is -1.75. The van der Waals surface area contributed by atoms with E-state index in [9.17, 15) is 40.3 Å². The summed E-state index contributed by atoms with van der Waals surface area (Å²) in [4.78, 5) is 43.9. The molecule has 0 unspecified atom stereocenters. The van der Waals surface area contributed by atoms with Gasteiger partial charge < -0.3 is 43.8 Å². The fourth-order valence-electron chi connectivity index (χ4n) is 9.15. The molecule has 1 heterocycles. The molecule has 1 saturated carbocycles. The number of oxime groups is 1. The molecule has 1 amide bonds. The number of benzene rings is 3. The molecular formula is C46H56N4O14. The maximum atomic E-state index is 14.7. The fourth-order valence-corrected chi connectivity index (χ4v) is 9.15. The number of hydrogen-bond acceptors (Lipinski definition) is 15. The summed E-state index contributed by atoms with van der Waals surface area (Å²) in [7, 11) is 0. The number of carbonyl (C=O) groups is 1. The first-order valence-electron chi connectivity index (χ1n) is 21.6. The summed E-state index contributed by atoms with van der Waals surface area (Å²) < 4.78 is 32.1. The van der Waals surface area contributed by atoms with Crippen LogP contribution in [0.4, 0.5) is 16.2 Å². The van der Waals surface area contributed by atoms with Gasteiger partial charge in [0.15, 0.2) is 0 Å². The van der Waals surface area contributed by atoms with Crippen molar-refractivity contribution in [1.29, 1.82) is 0 Å². The van der Waals surface area contributed by atoms with Crippen molar-refractivity contribution in [3.8, 4) is 23.0 Å². The second kappa shape index (κ2) is 22.6. The number of carbonyl (C=O) groups excluding carboxylic acids is 1. The van der Waals surface area contributed by atoms with Crippen LogP contribution >= 0.6 is 0 Å². The van der Waals surface area contributed by atoms with Crippen LogP contribution in [-0.2, 0) is 14.3 Å². The molecule has 64 heavy (non-hydrogen) atoms. The zero-order chi connectivity index (χ0) is 45.6. The largest absolute Gasteiger partial charge is 0.459 e. The third-order valence-corrected chi connectivity index (χ3v) is 11.8. The fraction of sp³-hybridized carbons (Fsp3) is 0.478. The van der Waals surface area contributed by atoms with Crippen molar-refractivity contribution in [2.75, 3.05) is 52.8 Å². The molecule has 6 rings (SSSR count). The van der Waals surface area contributed by atoms with Crippen LogP contribution in [0.25, 0.3) is 0 Å². The molecule has 1 fully saturated rings. The Bertz CT molecular complexity index is 2150. The highest BCUT2D eigenvalue weighted by Gasteiger charge is 2.65. The molecule has 0 saturated heterocycles. The summed E-state index contributed by atoms with van der Waals surface area (Å²) in [6.07, 6.45) is 6.97. The number of allylic oxidation sites excluding steroid dienone is 1. The van der Waals surface area contributed by atoms with E-state index < -0.39 is 39.6 Å². The van der Waals surface area contributed by atoms with Crippen LogP contribution in [0.1, 0.15) is 63.4 Å². The van der Waals surface area contributed by atoms with Crippen molar-refractivity contribution in [3.05, 3.63) is 117 Å². The summed E-state index contributed by atoms with van der Waals surface area (Å²) in [5.41, 5.74) is 1.78. The van der Waals surface area contributed by atoms with Crippen molar-refractivity contribution in [2.45, 2.75) is 69.6 Å². The van der Waals surface area contributed by atoms with E-state index in [1.165, 1.54) is 41.3 Å². The standard InChI is InChI=1S/C46H56N4O14/c1-3-24-60-46-42(48(20-25-59-26-23-53)45(54)63-34-16-14-32(15-17-34)49(55)56)30-40(47-61-4-2)38-27-31(10-5-7-21-51)37(13-6-8-22-52)43(44(38)46)39-29-36(18-19-41(39)64-46)62-35-12-9-11-33(28-35)50(57)58/h3,9,11-12,14-19,27-29,31,37,42-44,51-53H,1,4-8,10,13,20-26,30H2,2H3/t31-,37+,42-,43+,44+,46+/m0/s1. The third kappa shape index (κ3) is 10.9. The highest BCUT2D eigenvalue weighted by atomic mass is 16.7. The zero-order valence-electron chi connectivity index (χ0n) is 35.8. The number of non-ortho nitro benzene ring substituents is 2. The number of nitrogens with zero attached hydrogens (tertiary/aromatic N) is 4. The van der Waals surface area contributed by atoms with E-state index in [0.717, 1.165) is 24.0 Å². The second-order valence-electron chi connectivity index (χ2n) is 15.7. The van der Waals surface area contributed by atoms with Gasteiger partial charge in [0, 0.05) is 55.9 Å². The Hall–Kier alpha value is -5.92. The highest BCUT2D eigenvalue weighted by molar-refractivity contribution is 6.03. The van der Waals surface area contributed by atoms with E-state index in [0.29, 0.717) is 42.9 Å². The Balaban J connectivity index is 1.56. The van der Waals surface area contributed by atoms with E-state index in [4.69, 9.17) is 28.5 Å². The minimum atomic E-state index is -1.65. The molecule has 0 spiro atoms. The molecule has 3 aromatic carbocycles. The van der Waals surface area contributed by atoms with Crippen LogP contribution in [0.15, 0.2) is 96.2 Å². The van der Waals surface area contributed by atoms with Gasteiger partial charge in [-0.15, -0.1) is 6.58 Å². The SMILES string of the molecule is C=CCO[C@@]12Oc3ccc(Oc4cccc([N+](=O)[O-])c4)cc3[C@H]3[C@H](CCCCO)[C@@H](CCCCO)C=C(C(=NOCC)C[C@@H]1N(CCOCCO)C(=O)Oc1ccc([N+](=O)[O-])cc1)[C@H]32. The molecule has 18 nitrogen and oxygen atoms in total. The maximum Gasteiger partial charge on any atom is 0.415 e. The van der Waals surface area contributed by atoms with E-state index in [-0.39, 0.29) is 93.9 Å². The smallest absolute Gasteiger partial charge is 0.415 e. The Labute approximate surface area is 371 Å². The van der Waals surface area contributed by atoms with Gasteiger partial charge in [-0.2, -0.15) is 0 Å². The van der Waals surface area contributed by atoms with E-state index in [2.05, 4.69) is 17.8 Å². The van der Waals surface area contributed by atoms with Crippen molar-refractivity contribution in [1.82, 2.24) is 4.90 Å². The zero-order valence-corrected chi connectivity index (χ0v) is 35.8. The van der Waals surface area contributed by atoms with Crippen LogP contribution < -0.4 is 14.2 Å². The van der Waals surface area contributed by atoms with Gasteiger partial charge in [0.2, 0.25) is 5.79 Å². The van der Waals surface area contributed by atoms with Crippen LogP contribution in [0, 0.1) is 38.0 Å². The lowest BCUT2D eigenvalue weighted by molar-refractivity contribution is -0.385. The molecule has 0 bridgehead atoms. The van der Waals surface area contributed by atoms with Gasteiger partial charge in [0.25, 0.3) is 11.4 Å². The molecule has 3 aromatic rings. The lowest BCUT2D eigenvalue weighted by Gasteiger charge is -2.59. The Kier molecular flexibility index (Phi) is 16.8. The highest BCUT2D eigenvalue weighted by Crippen LogP contribution is 2.62. The molecule has 6 atom stereocenters. The Morgan fingerprint density at radius 3 is 2.33 bits per heavy atom. The first-order valence-corrected chi connectivity index (χ1v) is 21.6. The lowest BCUT2D eigenvalue weighted by atomic mass is 9.55. The first kappa shape index (κ1) is 47.6. The van der Waals surface area contributed by atoms with Gasteiger partial charge in [-0.25, -0.2) is 4.79 Å². The number of nitro groups is 2. The second-order valence-corrected chi connectivity index (χ2v) is 15.7. The number of aliphatic hydroxyl groups excluding tert-OH is 3. The number of ether oxygens (including phenoxy) is 5. The number of nitro benzene ring substituents is 2. The van der Waals surface area contributed by atoms with E-state index in [1.54, 1.807) is 30.3 Å². The van der Waals surface area contributed by atoms with Crippen molar-refractivity contribution in [3.63, 3.8) is 0 Å². The van der Waals surface area contributed by atoms with Gasteiger partial charge >= 0.3 is 6.09 Å². The average Bonchev–Trinajstić information content (AvgIpc) is 3.29. The molecular weight excluding hydrogens is 833 g/mol. The number of hydrogen-bond donors (Lipinski definition) is 3. The average molecular weight is 889 g/mol. The molecule has 0 aromatic heterocycles. The van der Waals surface area contributed by atoms with Crippen LogP contribution in [0.5, 0.6) is 23.0 Å². The summed E-state index contributed by atoms with van der Waals surface area (Å²) in [5, 5.41) is 57.1. The minimum absolute atomic E-state index is 0.000441. The summed E-state index contributed by atoms with van der Waals surface area (Å²) >= 11 is 0. The quantitative estimate of drug-likeness (QED) is 0.0343. The van der Waals surface area contributed by atoms with Gasteiger partial charge in [-0.3, -0.25) is 25.1 Å². The normalized spacial score (nSPS) is 22.6. The predicted octanol–water partition coefficient (Wildman–Crippen LogP) is 7.46. The van der Waals surface area contributed by atoms with Crippen molar-refractivity contribution < 1.29 is 58.5 Å².